The van der Waals surface area contributed by atoms with Gasteiger partial charge in [-0.3, -0.25) is 14.5 Å². The van der Waals surface area contributed by atoms with E-state index < -0.39 is 24.7 Å². The number of likely N-dealkylation sites (tertiary alicyclic amines) is 1. The number of alkyl halides is 3. The van der Waals surface area contributed by atoms with Crippen LogP contribution in [0.2, 0.25) is 0 Å². The molecule has 1 saturated heterocycles. The van der Waals surface area contributed by atoms with Crippen LogP contribution in [0.4, 0.5) is 19.0 Å². The molecule has 2 aromatic rings. The topological polar surface area (TPSA) is 79.3 Å². The highest BCUT2D eigenvalue weighted by Gasteiger charge is 2.34. The molecule has 2 heterocycles. The van der Waals surface area contributed by atoms with Gasteiger partial charge in [0.2, 0.25) is 11.8 Å². The van der Waals surface area contributed by atoms with Gasteiger partial charge in [-0.2, -0.15) is 18.3 Å². The molecule has 1 fully saturated rings. The number of hydrogen-bond donors (Lipinski definition) is 2. The molecule has 0 bridgehead atoms. The van der Waals surface area contributed by atoms with E-state index in [9.17, 15) is 22.8 Å². The predicted molar refractivity (Wildman–Crippen MR) is 105 cm³/mol. The maximum absolute atomic E-state index is 12.6. The molecule has 0 aliphatic carbocycles. The van der Waals surface area contributed by atoms with Crippen molar-refractivity contribution in [1.29, 1.82) is 0 Å². The van der Waals surface area contributed by atoms with Gasteiger partial charge in [-0.1, -0.05) is 17.7 Å². The van der Waals surface area contributed by atoms with Gasteiger partial charge in [-0.05, 0) is 45.4 Å². The summed E-state index contributed by atoms with van der Waals surface area (Å²) < 4.78 is 38.7. The molecule has 1 aromatic heterocycles. The summed E-state index contributed by atoms with van der Waals surface area (Å²) in [6, 6.07) is 8.63. The molecular formula is C20H24F3N5O2. The van der Waals surface area contributed by atoms with Crippen molar-refractivity contribution in [1.82, 2.24) is 20.0 Å². The second kappa shape index (κ2) is 8.86. The van der Waals surface area contributed by atoms with E-state index in [1.54, 1.807) is 15.6 Å². The summed E-state index contributed by atoms with van der Waals surface area (Å²) in [7, 11) is 0. The second-order valence-electron chi connectivity index (χ2n) is 7.43. The molecule has 1 atom stereocenters. The van der Waals surface area contributed by atoms with Crippen molar-refractivity contribution in [2.45, 2.75) is 38.9 Å². The van der Waals surface area contributed by atoms with Crippen molar-refractivity contribution in [3.63, 3.8) is 0 Å². The normalized spacial score (nSPS) is 17.2. The molecule has 2 amide bonds. The first-order valence-electron chi connectivity index (χ1n) is 9.64. The Morgan fingerprint density at radius 3 is 2.57 bits per heavy atom. The lowest BCUT2D eigenvalue weighted by molar-refractivity contribution is -0.141. The van der Waals surface area contributed by atoms with Gasteiger partial charge in [0.15, 0.2) is 0 Å². The number of halogens is 3. The van der Waals surface area contributed by atoms with Crippen LogP contribution in [-0.2, 0) is 9.59 Å². The van der Waals surface area contributed by atoms with E-state index >= 15 is 0 Å². The number of carbonyl (C=O) groups is 2. The average Bonchev–Trinajstić information content (AvgIpc) is 3.26. The molecule has 0 saturated carbocycles. The van der Waals surface area contributed by atoms with Crippen LogP contribution in [0.25, 0.3) is 5.69 Å². The van der Waals surface area contributed by atoms with Crippen molar-refractivity contribution in [3.05, 3.63) is 41.6 Å². The number of hydrogen-bond acceptors (Lipinski definition) is 4. The molecule has 3 rings (SSSR count). The number of anilines is 1. The van der Waals surface area contributed by atoms with E-state index in [4.69, 9.17) is 0 Å². The fourth-order valence-corrected chi connectivity index (χ4v) is 3.46. The Bertz CT molecular complexity index is 908. The first-order valence-corrected chi connectivity index (χ1v) is 9.64. The van der Waals surface area contributed by atoms with Crippen LogP contribution in [0.1, 0.15) is 24.1 Å². The molecule has 2 N–H and O–H groups in total. The molecule has 162 valence electrons. The Morgan fingerprint density at radius 2 is 1.90 bits per heavy atom. The summed E-state index contributed by atoms with van der Waals surface area (Å²) in [5.41, 5.74) is 2.60. The molecule has 1 unspecified atom stereocenters. The van der Waals surface area contributed by atoms with Gasteiger partial charge in [0.1, 0.15) is 12.4 Å². The van der Waals surface area contributed by atoms with Gasteiger partial charge in [-0.15, -0.1) is 0 Å². The molecule has 1 aliphatic rings. The van der Waals surface area contributed by atoms with Crippen molar-refractivity contribution in [2.75, 3.05) is 25.0 Å². The first kappa shape index (κ1) is 21.8. The molecule has 0 radical (unpaired) electrons. The van der Waals surface area contributed by atoms with Crippen LogP contribution in [0.5, 0.6) is 0 Å². The standard InChI is InChI=1S/C20H24F3N5O2/c1-13-5-7-15(8-6-13)28-17(10-14(2)26-28)25-18(29)11-27-9-3-4-16(27)19(30)24-12-20(21,22)23/h5-8,10,16H,3-4,9,11-12H2,1-2H3,(H,24,30)(H,25,29). The number of carbonyl (C=O) groups excluding carboxylic acids is 2. The fraction of sp³-hybridized carbons (Fsp3) is 0.450. The minimum Gasteiger partial charge on any atom is -0.346 e. The van der Waals surface area contributed by atoms with Gasteiger partial charge < -0.3 is 10.6 Å². The first-order chi connectivity index (χ1) is 14.1. The summed E-state index contributed by atoms with van der Waals surface area (Å²) in [5.74, 6) is -0.587. The van der Waals surface area contributed by atoms with E-state index in [1.807, 2.05) is 43.4 Å². The number of amides is 2. The van der Waals surface area contributed by atoms with Crippen LogP contribution < -0.4 is 10.6 Å². The van der Waals surface area contributed by atoms with Crippen molar-refractivity contribution < 1.29 is 22.8 Å². The minimum atomic E-state index is -4.47. The van der Waals surface area contributed by atoms with Gasteiger partial charge in [0, 0.05) is 6.07 Å². The van der Waals surface area contributed by atoms with Gasteiger partial charge >= 0.3 is 6.18 Å². The van der Waals surface area contributed by atoms with Gasteiger partial charge in [0.05, 0.1) is 24.0 Å². The van der Waals surface area contributed by atoms with Crippen LogP contribution in [0.15, 0.2) is 30.3 Å². The summed E-state index contributed by atoms with van der Waals surface area (Å²) in [4.78, 5) is 26.3. The third kappa shape index (κ3) is 5.59. The zero-order valence-corrected chi connectivity index (χ0v) is 16.8. The van der Waals surface area contributed by atoms with E-state index in [2.05, 4.69) is 10.4 Å². The Hall–Kier alpha value is -2.88. The zero-order valence-electron chi connectivity index (χ0n) is 16.8. The van der Waals surface area contributed by atoms with Gasteiger partial charge in [-0.25, -0.2) is 4.68 Å². The van der Waals surface area contributed by atoms with Crippen LogP contribution in [0.3, 0.4) is 0 Å². The minimum absolute atomic E-state index is 0.0950. The zero-order chi connectivity index (χ0) is 21.9. The predicted octanol–water partition coefficient (Wildman–Crippen LogP) is 2.57. The van der Waals surface area contributed by atoms with E-state index in [0.29, 0.717) is 25.2 Å². The number of aromatic nitrogens is 2. The van der Waals surface area contributed by atoms with E-state index in [0.717, 1.165) is 16.9 Å². The maximum atomic E-state index is 12.6. The highest BCUT2D eigenvalue weighted by Crippen LogP contribution is 2.20. The Labute approximate surface area is 172 Å². The lowest BCUT2D eigenvalue weighted by Gasteiger charge is -2.23. The molecule has 30 heavy (non-hydrogen) atoms. The van der Waals surface area contributed by atoms with Crippen molar-refractivity contribution in [2.24, 2.45) is 0 Å². The number of benzene rings is 1. The van der Waals surface area contributed by atoms with Crippen molar-refractivity contribution >= 4 is 17.6 Å². The maximum Gasteiger partial charge on any atom is 0.405 e. The molecule has 10 heteroatoms. The monoisotopic (exact) mass is 423 g/mol. The van der Waals surface area contributed by atoms with Crippen molar-refractivity contribution in [3.8, 4) is 5.69 Å². The molecule has 7 nitrogen and oxygen atoms in total. The Balaban J connectivity index is 1.64. The molecule has 1 aliphatic heterocycles. The summed E-state index contributed by atoms with van der Waals surface area (Å²) >= 11 is 0. The Morgan fingerprint density at radius 1 is 1.20 bits per heavy atom. The van der Waals surface area contributed by atoms with Gasteiger partial charge in [0.25, 0.3) is 0 Å². The molecular weight excluding hydrogens is 399 g/mol. The fourth-order valence-electron chi connectivity index (χ4n) is 3.46. The van der Waals surface area contributed by atoms with E-state index in [1.165, 1.54) is 0 Å². The molecule has 0 spiro atoms. The SMILES string of the molecule is Cc1ccc(-n2nc(C)cc2NC(=O)CN2CCCC2C(=O)NCC(F)(F)F)cc1. The molecule has 1 aromatic carbocycles. The number of nitrogens with one attached hydrogen (secondary N) is 2. The second-order valence-corrected chi connectivity index (χ2v) is 7.43. The largest absolute Gasteiger partial charge is 0.405 e. The smallest absolute Gasteiger partial charge is 0.346 e. The summed E-state index contributed by atoms with van der Waals surface area (Å²) in [6.07, 6.45) is -3.42. The summed E-state index contributed by atoms with van der Waals surface area (Å²) in [6.45, 7) is 2.77. The highest BCUT2D eigenvalue weighted by molar-refractivity contribution is 5.92. The number of rotatable bonds is 6. The number of aryl methyl sites for hydroxylation is 2. The third-order valence-electron chi connectivity index (χ3n) is 4.85. The third-order valence-corrected chi connectivity index (χ3v) is 4.85. The summed E-state index contributed by atoms with van der Waals surface area (Å²) in [5, 5.41) is 9.10. The van der Waals surface area contributed by atoms with Crippen LogP contribution >= 0.6 is 0 Å². The lowest BCUT2D eigenvalue weighted by Crippen LogP contribution is -2.48. The van der Waals surface area contributed by atoms with Crippen LogP contribution in [0, 0.1) is 13.8 Å². The quantitative estimate of drug-likeness (QED) is 0.749. The highest BCUT2D eigenvalue weighted by atomic mass is 19.4. The number of nitrogens with zero attached hydrogens (tertiary/aromatic N) is 3. The van der Waals surface area contributed by atoms with E-state index in [-0.39, 0.29) is 12.5 Å². The van der Waals surface area contributed by atoms with Crippen LogP contribution in [-0.4, -0.2) is 58.3 Å². The Kier molecular flexibility index (Phi) is 6.45. The average molecular weight is 423 g/mol. The lowest BCUT2D eigenvalue weighted by atomic mass is 10.2.